The molecule has 18 heteroatoms. The van der Waals surface area contributed by atoms with Gasteiger partial charge in [-0.05, 0) is 108 Å². The van der Waals surface area contributed by atoms with E-state index in [1.165, 1.54) is 31.6 Å². The first kappa shape index (κ1) is 91.1. The number of carbonyl (C=O) groups is 2. The number of carbonyl (C=O) groups excluding carboxylic acids is 2. The average molecular weight is 1670 g/mol. The van der Waals surface area contributed by atoms with Crippen molar-refractivity contribution in [2.24, 2.45) is 11.5 Å². The summed E-state index contributed by atoms with van der Waals surface area (Å²) in [6, 6.07) is 31.9. The van der Waals surface area contributed by atoms with Gasteiger partial charge in [-0.1, -0.05) is 215 Å². The SMILES string of the molecule is C/C=C/C(=O)OCC.CC.CC(I)I.CC(N[C@H](C)CCO)c1ccccc1.CCI.CCI.CCOC(=O)C[C@@H](C)NC(C)c1ccccc1.C[C@@H](N)CCO.C[C@H](N)c1ccccc1.II.[AlH3].[H-].[Li+]. The molecular formula is C52H96AlI6LiN4O6. The van der Waals surface area contributed by atoms with Gasteiger partial charge in [0, 0.05) is 92.8 Å². The van der Waals surface area contributed by atoms with Crippen molar-refractivity contribution < 1.29 is 49.6 Å². The Morgan fingerprint density at radius 2 is 0.957 bits per heavy atom. The molecule has 0 aliphatic heterocycles. The van der Waals surface area contributed by atoms with E-state index >= 15 is 0 Å². The van der Waals surface area contributed by atoms with Gasteiger partial charge in [-0.3, -0.25) is 4.79 Å². The number of rotatable bonds is 16. The van der Waals surface area contributed by atoms with Gasteiger partial charge in [0.15, 0.2) is 17.4 Å². The van der Waals surface area contributed by atoms with Gasteiger partial charge >= 0.3 is 30.8 Å². The first-order chi connectivity index (χ1) is 32.3. The molecular weight excluding hydrogens is 1570 g/mol. The average Bonchev–Trinajstić information content (AvgIpc) is 3.30. The molecule has 0 aromatic heterocycles. The fraction of sp³-hybridized carbons (Fsp3) is 0.577. The standard InChI is InChI=1S/C14H21NO2.C12H19NO.C8H11N.C6H10O2.C4H11NO.C2H4I2.2C2H5I.C2H6.Al.I2.Li.4H/c1-4-17-14(16)10-11(2)15-12(3)13-8-6-5-7-9-13;1-10(8-9-14)13-11(2)12-6-4-3-5-7-12;1-7(9)8-5-3-2-4-6-8;1-3-5-6(7)8-4-2;1-4(5)2-3-6;1-2(3)4;2*1-2-3;1-2;;1-2;;;;;/h5-9,11-12,15H,4,10H2,1-3H3;3-7,10-11,13-14H,8-9H2,1-2H3;2-7H,9H2,1H3;3,5H,4H2,1-2H3;4,6H,2-3,5H2,1H3;2H,1H3;2*2H2,1H3;1-2H3;;;;;;;/q;;;;;;;;;;;+1;;;;-1/b;;;5-3+;;;;;;;;;;;;/t11-,12?;10-,11?;7-;;4-;;;;;;;;;;;/m110.1.........../s1. The van der Waals surface area contributed by atoms with E-state index in [0.717, 1.165) is 8.35 Å². The number of nitrogens with one attached hydrogen (secondary N) is 2. The number of aliphatic hydroxyl groups is 2. The number of hydrogen-bond acceptors (Lipinski definition) is 10. The molecule has 0 aliphatic carbocycles. The van der Waals surface area contributed by atoms with Crippen LogP contribution in [0.3, 0.4) is 0 Å². The Labute approximate surface area is 530 Å². The molecule has 0 spiro atoms. The molecule has 3 aromatic carbocycles. The van der Waals surface area contributed by atoms with Gasteiger partial charge in [0.25, 0.3) is 0 Å². The molecule has 0 fully saturated rings. The monoisotopic (exact) mass is 1670 g/mol. The molecule has 3 rings (SSSR count). The quantitative estimate of drug-likeness (QED) is 0.0267. The van der Waals surface area contributed by atoms with Crippen LogP contribution in [0.2, 0.25) is 0 Å². The Morgan fingerprint density at radius 3 is 1.20 bits per heavy atom. The molecule has 10 nitrogen and oxygen atoms in total. The zero-order valence-electron chi connectivity index (χ0n) is 45.7. The van der Waals surface area contributed by atoms with Gasteiger partial charge in [0.1, 0.15) is 0 Å². The van der Waals surface area contributed by atoms with Crippen molar-refractivity contribution in [3.63, 3.8) is 0 Å². The van der Waals surface area contributed by atoms with Gasteiger partial charge in [0.2, 0.25) is 0 Å². The van der Waals surface area contributed by atoms with Crippen LogP contribution in [0.5, 0.6) is 0 Å². The van der Waals surface area contributed by atoms with Crippen molar-refractivity contribution in [1.29, 1.82) is 0 Å². The minimum atomic E-state index is -0.269. The third-order valence-corrected chi connectivity index (χ3v) is 7.51. The second-order valence-electron chi connectivity index (χ2n) is 13.9. The van der Waals surface area contributed by atoms with Crippen LogP contribution in [0, 0.1) is 0 Å². The predicted octanol–water partition coefficient (Wildman–Crippen LogP) is 11.2. The second kappa shape index (κ2) is 74.8. The number of ether oxygens (including phenoxy) is 2. The third kappa shape index (κ3) is 78.5. The van der Waals surface area contributed by atoms with Gasteiger partial charge in [-0.2, -0.15) is 0 Å². The molecule has 0 saturated carbocycles. The van der Waals surface area contributed by atoms with E-state index in [0.29, 0.717) is 38.1 Å². The summed E-state index contributed by atoms with van der Waals surface area (Å²) >= 11 is 13.5. The number of benzene rings is 3. The molecule has 0 amide bonds. The van der Waals surface area contributed by atoms with E-state index in [1.54, 1.807) is 19.9 Å². The Balaban J connectivity index is -0.0000000782. The van der Waals surface area contributed by atoms with E-state index < -0.39 is 0 Å². The Morgan fingerprint density at radius 1 is 0.643 bits per heavy atom. The van der Waals surface area contributed by atoms with Crippen LogP contribution < -0.4 is 41.0 Å². The minimum absolute atomic E-state index is 0. The van der Waals surface area contributed by atoms with Gasteiger partial charge < -0.3 is 43.2 Å². The molecule has 0 heterocycles. The van der Waals surface area contributed by atoms with E-state index in [4.69, 9.17) is 26.4 Å². The topological polar surface area (TPSA) is 169 Å². The maximum atomic E-state index is 11.3. The van der Waals surface area contributed by atoms with Crippen LogP contribution in [-0.2, 0) is 19.1 Å². The fourth-order valence-corrected chi connectivity index (χ4v) is 4.62. The summed E-state index contributed by atoms with van der Waals surface area (Å²) in [5, 5.41) is 23.8. The van der Waals surface area contributed by atoms with Gasteiger partial charge in [-0.15, -0.1) is 0 Å². The number of halogens is 6. The normalized spacial score (nSPS) is 11.7. The van der Waals surface area contributed by atoms with E-state index in [1.807, 2.05) is 108 Å². The van der Waals surface area contributed by atoms with Crippen molar-refractivity contribution in [2.45, 2.75) is 154 Å². The molecule has 2 unspecified atom stereocenters. The van der Waals surface area contributed by atoms with Crippen molar-refractivity contribution in [1.82, 2.24) is 10.6 Å². The summed E-state index contributed by atoms with van der Waals surface area (Å²) in [5.41, 5.74) is 14.6. The van der Waals surface area contributed by atoms with Crippen molar-refractivity contribution >= 4 is 157 Å². The number of hydrogen-bond donors (Lipinski definition) is 6. The summed E-state index contributed by atoms with van der Waals surface area (Å²) in [6.07, 6.45) is 4.96. The number of esters is 2. The molecule has 70 heavy (non-hydrogen) atoms. The van der Waals surface area contributed by atoms with Crippen molar-refractivity contribution in [3.05, 3.63) is 120 Å². The van der Waals surface area contributed by atoms with Crippen LogP contribution in [0.1, 0.15) is 152 Å². The van der Waals surface area contributed by atoms with Crippen LogP contribution in [0.4, 0.5) is 0 Å². The number of aliphatic hydroxyl groups excluding tert-OH is 2. The van der Waals surface area contributed by atoms with Crippen LogP contribution in [-0.4, -0.2) is 94.9 Å². The summed E-state index contributed by atoms with van der Waals surface area (Å²) in [7, 11) is 0. The fourth-order valence-electron chi connectivity index (χ4n) is 4.62. The predicted molar refractivity (Wildman–Crippen MR) is 361 cm³/mol. The Hall–Kier alpha value is 1.61. The second-order valence-corrected chi connectivity index (χ2v) is 23.1. The summed E-state index contributed by atoms with van der Waals surface area (Å²) in [5.74, 6) is -0.414. The summed E-state index contributed by atoms with van der Waals surface area (Å²) in [6.45, 7) is 29.3. The molecule has 0 radical (unpaired) electrons. The zero-order chi connectivity index (χ0) is 54.1. The number of allylic oxidation sites excluding steroid dienone is 1. The maximum Gasteiger partial charge on any atom is 1.00 e. The van der Waals surface area contributed by atoms with Crippen molar-refractivity contribution in [3.8, 4) is 0 Å². The van der Waals surface area contributed by atoms with E-state index in [9.17, 15) is 9.59 Å². The Bertz CT molecular complexity index is 1440. The molecule has 0 aliphatic rings. The summed E-state index contributed by atoms with van der Waals surface area (Å²) < 4.78 is 12.7. The number of alkyl halides is 4. The summed E-state index contributed by atoms with van der Waals surface area (Å²) in [4.78, 5) is 21.6. The smallest absolute Gasteiger partial charge is 1.00 e. The van der Waals surface area contributed by atoms with Crippen LogP contribution in [0.25, 0.3) is 0 Å². The third-order valence-electron chi connectivity index (χ3n) is 7.51. The van der Waals surface area contributed by atoms with Gasteiger partial charge in [-0.25, -0.2) is 4.79 Å². The molecule has 0 saturated heterocycles. The minimum Gasteiger partial charge on any atom is -1.00 e. The van der Waals surface area contributed by atoms with Crippen LogP contribution in [0.15, 0.2) is 103 Å². The van der Waals surface area contributed by atoms with E-state index in [2.05, 4.69) is 209 Å². The van der Waals surface area contributed by atoms with Gasteiger partial charge in [0.05, 0.1) is 21.6 Å². The molecule has 8 N–H and O–H groups in total. The van der Waals surface area contributed by atoms with Crippen LogP contribution >= 0.6 is 128 Å². The van der Waals surface area contributed by atoms with E-state index in [-0.39, 0.29) is 87.0 Å². The maximum absolute atomic E-state index is 11.3. The van der Waals surface area contributed by atoms with Crippen molar-refractivity contribution in [2.75, 3.05) is 35.3 Å². The zero-order valence-corrected chi connectivity index (χ0v) is 57.6. The molecule has 406 valence electrons. The molecule has 0 bridgehead atoms. The Kier molecular flexibility index (Phi) is 97.4. The molecule has 3 aromatic rings. The molecule has 6 atom stereocenters. The first-order valence-corrected chi connectivity index (χ1v) is 35.0. The largest absolute Gasteiger partial charge is 1.00 e. The number of nitrogens with two attached hydrogens (primary N) is 2. The first-order valence-electron chi connectivity index (χ1n) is 23.2.